The van der Waals surface area contributed by atoms with Gasteiger partial charge in [-0.2, -0.15) is 0 Å². The molecule has 1 aliphatic heterocycles. The first-order valence-electron chi connectivity index (χ1n) is 10.2. The van der Waals surface area contributed by atoms with Crippen LogP contribution >= 0.6 is 22.9 Å². The summed E-state index contributed by atoms with van der Waals surface area (Å²) in [6.45, 7) is 2.53. The Hall–Kier alpha value is -2.20. The standard InChI is InChI=1S/C22H23ClN2O5S2/c1-3-32(27,28)16-8-4-6-14(12-16)21(26)25(13-15-7-5-11-30-15)22-24-19-18(29-2)10-9-17(23)20(19)31-22/h4,6,8-10,12,15H,3,5,7,11,13H2,1-2H3. The van der Waals surface area contributed by atoms with Crippen molar-refractivity contribution in [3.05, 3.63) is 47.0 Å². The maximum Gasteiger partial charge on any atom is 0.260 e. The van der Waals surface area contributed by atoms with Gasteiger partial charge in [0, 0.05) is 12.2 Å². The second kappa shape index (κ2) is 9.35. The van der Waals surface area contributed by atoms with Gasteiger partial charge in [-0.1, -0.05) is 35.9 Å². The van der Waals surface area contributed by atoms with Crippen LogP contribution in [0.4, 0.5) is 5.13 Å². The summed E-state index contributed by atoms with van der Waals surface area (Å²) in [7, 11) is -1.89. The van der Waals surface area contributed by atoms with Crippen molar-refractivity contribution in [2.45, 2.75) is 30.8 Å². The van der Waals surface area contributed by atoms with E-state index in [9.17, 15) is 13.2 Å². The summed E-state index contributed by atoms with van der Waals surface area (Å²) in [5.74, 6) is 0.177. The molecule has 0 spiro atoms. The van der Waals surface area contributed by atoms with E-state index < -0.39 is 9.84 Å². The molecule has 1 amide bonds. The second-order valence-corrected chi connectivity index (χ2v) is 11.1. The number of halogens is 1. The van der Waals surface area contributed by atoms with Gasteiger partial charge in [-0.3, -0.25) is 9.69 Å². The lowest BCUT2D eigenvalue weighted by atomic mass is 10.2. The number of carbonyl (C=O) groups excluding carboxylic acids is 1. The molecule has 4 rings (SSSR count). The Bertz CT molecular complexity index is 1250. The zero-order chi connectivity index (χ0) is 22.9. The lowest BCUT2D eigenvalue weighted by Gasteiger charge is -2.23. The summed E-state index contributed by atoms with van der Waals surface area (Å²) in [6, 6.07) is 9.58. The minimum Gasteiger partial charge on any atom is -0.494 e. The van der Waals surface area contributed by atoms with Gasteiger partial charge in [0.15, 0.2) is 15.0 Å². The van der Waals surface area contributed by atoms with E-state index in [0.29, 0.717) is 39.3 Å². The van der Waals surface area contributed by atoms with Crippen molar-refractivity contribution in [3.8, 4) is 5.75 Å². The predicted octanol–water partition coefficient (Wildman–Crippen LogP) is 4.58. The van der Waals surface area contributed by atoms with Crippen LogP contribution in [0.25, 0.3) is 10.2 Å². The van der Waals surface area contributed by atoms with Gasteiger partial charge >= 0.3 is 0 Å². The molecule has 0 radical (unpaired) electrons. The van der Waals surface area contributed by atoms with Crippen LogP contribution in [0.3, 0.4) is 0 Å². The quantitative estimate of drug-likeness (QED) is 0.478. The highest BCUT2D eigenvalue weighted by molar-refractivity contribution is 7.91. The highest BCUT2D eigenvalue weighted by Crippen LogP contribution is 2.39. The van der Waals surface area contributed by atoms with Gasteiger partial charge in [0.25, 0.3) is 5.91 Å². The number of carbonyl (C=O) groups is 1. The number of benzene rings is 2. The highest BCUT2D eigenvalue weighted by Gasteiger charge is 2.28. The van der Waals surface area contributed by atoms with E-state index >= 15 is 0 Å². The number of hydrogen-bond acceptors (Lipinski definition) is 7. The topological polar surface area (TPSA) is 85.8 Å². The number of methoxy groups -OCH3 is 1. The monoisotopic (exact) mass is 494 g/mol. The third kappa shape index (κ3) is 4.47. The van der Waals surface area contributed by atoms with Crippen molar-refractivity contribution in [2.75, 3.05) is 30.9 Å². The number of fused-ring (bicyclic) bond motifs is 1. The molecule has 7 nitrogen and oxygen atoms in total. The predicted molar refractivity (Wildman–Crippen MR) is 126 cm³/mol. The van der Waals surface area contributed by atoms with E-state index in [1.165, 1.54) is 23.5 Å². The van der Waals surface area contributed by atoms with Crippen LogP contribution in [0.5, 0.6) is 5.75 Å². The molecule has 1 fully saturated rings. The van der Waals surface area contributed by atoms with Gasteiger partial charge in [-0.05, 0) is 43.2 Å². The van der Waals surface area contributed by atoms with Crippen LogP contribution in [0.15, 0.2) is 41.3 Å². The van der Waals surface area contributed by atoms with Crippen molar-refractivity contribution >= 4 is 54.0 Å². The number of rotatable bonds is 7. The molecule has 1 unspecified atom stereocenters. The van der Waals surface area contributed by atoms with E-state index in [1.807, 2.05) is 0 Å². The zero-order valence-corrected chi connectivity index (χ0v) is 20.1. The first-order valence-corrected chi connectivity index (χ1v) is 13.1. The van der Waals surface area contributed by atoms with E-state index in [1.54, 1.807) is 43.2 Å². The van der Waals surface area contributed by atoms with Crippen molar-refractivity contribution < 1.29 is 22.7 Å². The normalized spacial score (nSPS) is 16.4. The molecule has 0 aliphatic carbocycles. The van der Waals surface area contributed by atoms with Crippen molar-refractivity contribution in [2.24, 2.45) is 0 Å². The van der Waals surface area contributed by atoms with Gasteiger partial charge in [0.05, 0.1) is 40.1 Å². The average Bonchev–Trinajstić information content (AvgIpc) is 3.48. The maximum absolute atomic E-state index is 13.6. The zero-order valence-electron chi connectivity index (χ0n) is 17.7. The van der Waals surface area contributed by atoms with Crippen molar-refractivity contribution in [1.82, 2.24) is 4.98 Å². The Morgan fingerprint density at radius 1 is 1.34 bits per heavy atom. The minimum atomic E-state index is -3.44. The number of anilines is 1. The molecule has 1 atom stereocenters. The van der Waals surface area contributed by atoms with Crippen LogP contribution in [0.1, 0.15) is 30.1 Å². The molecular formula is C22H23ClN2O5S2. The van der Waals surface area contributed by atoms with E-state index in [-0.39, 0.29) is 28.2 Å². The van der Waals surface area contributed by atoms with Gasteiger partial charge in [-0.15, -0.1) is 0 Å². The number of ether oxygens (including phenoxy) is 2. The molecule has 2 heterocycles. The Kier molecular flexibility index (Phi) is 6.71. The first kappa shape index (κ1) is 23.0. The SMILES string of the molecule is CCS(=O)(=O)c1cccc(C(=O)N(CC2CCCO2)c2nc3c(OC)ccc(Cl)c3s2)c1. The number of aromatic nitrogens is 1. The summed E-state index contributed by atoms with van der Waals surface area (Å²) in [5, 5.41) is 0.973. The Balaban J connectivity index is 1.78. The molecule has 1 aliphatic rings. The van der Waals surface area contributed by atoms with Gasteiger partial charge in [0.2, 0.25) is 0 Å². The lowest BCUT2D eigenvalue weighted by molar-refractivity contribution is 0.0917. The molecule has 170 valence electrons. The number of thiazole rings is 1. The molecule has 1 aromatic heterocycles. The van der Waals surface area contributed by atoms with Gasteiger partial charge in [-0.25, -0.2) is 13.4 Å². The maximum atomic E-state index is 13.6. The van der Waals surface area contributed by atoms with Crippen molar-refractivity contribution in [3.63, 3.8) is 0 Å². The molecule has 0 bridgehead atoms. The third-order valence-corrected chi connectivity index (χ3v) is 8.64. The number of nitrogens with zero attached hydrogens (tertiary/aromatic N) is 2. The second-order valence-electron chi connectivity index (χ2n) is 7.41. The van der Waals surface area contributed by atoms with Gasteiger partial charge in [0.1, 0.15) is 11.3 Å². The summed E-state index contributed by atoms with van der Waals surface area (Å²) in [6.07, 6.45) is 1.64. The van der Waals surface area contributed by atoms with E-state index in [4.69, 9.17) is 21.1 Å². The van der Waals surface area contributed by atoms with Crippen LogP contribution < -0.4 is 9.64 Å². The molecule has 3 aromatic rings. The third-order valence-electron chi connectivity index (χ3n) is 5.37. The summed E-state index contributed by atoms with van der Waals surface area (Å²) < 4.78 is 36.6. The molecule has 0 N–H and O–H groups in total. The average molecular weight is 495 g/mol. The fourth-order valence-corrected chi connectivity index (χ4v) is 5.80. The molecule has 1 saturated heterocycles. The first-order chi connectivity index (χ1) is 15.3. The number of amides is 1. The number of hydrogen-bond donors (Lipinski definition) is 0. The van der Waals surface area contributed by atoms with Crippen LogP contribution in [0, 0.1) is 0 Å². The van der Waals surface area contributed by atoms with Crippen LogP contribution in [-0.4, -0.2) is 51.4 Å². The summed E-state index contributed by atoms with van der Waals surface area (Å²) >= 11 is 7.67. The smallest absolute Gasteiger partial charge is 0.260 e. The molecule has 10 heteroatoms. The molecule has 32 heavy (non-hydrogen) atoms. The summed E-state index contributed by atoms with van der Waals surface area (Å²) in [4.78, 5) is 19.9. The van der Waals surface area contributed by atoms with Crippen molar-refractivity contribution in [1.29, 1.82) is 0 Å². The number of sulfone groups is 1. The Labute approximate surface area is 195 Å². The fourth-order valence-electron chi connectivity index (χ4n) is 3.61. The largest absolute Gasteiger partial charge is 0.494 e. The van der Waals surface area contributed by atoms with E-state index in [2.05, 4.69) is 4.98 Å². The molecule has 2 aromatic carbocycles. The molecular weight excluding hydrogens is 472 g/mol. The van der Waals surface area contributed by atoms with E-state index in [0.717, 1.165) is 12.8 Å². The minimum absolute atomic E-state index is 0.0412. The Morgan fingerprint density at radius 2 is 2.16 bits per heavy atom. The molecule has 0 saturated carbocycles. The highest BCUT2D eigenvalue weighted by atomic mass is 35.5. The summed E-state index contributed by atoms with van der Waals surface area (Å²) in [5.41, 5.74) is 0.849. The van der Waals surface area contributed by atoms with Crippen LogP contribution in [-0.2, 0) is 14.6 Å². The van der Waals surface area contributed by atoms with Gasteiger partial charge < -0.3 is 9.47 Å². The lowest BCUT2D eigenvalue weighted by Crippen LogP contribution is -2.37. The Morgan fingerprint density at radius 3 is 2.84 bits per heavy atom. The van der Waals surface area contributed by atoms with Crippen LogP contribution in [0.2, 0.25) is 5.02 Å². The fraction of sp³-hybridized carbons (Fsp3) is 0.364.